The van der Waals surface area contributed by atoms with Gasteiger partial charge >= 0.3 is 0 Å². The van der Waals surface area contributed by atoms with E-state index in [1.807, 2.05) is 29.2 Å². The molecule has 1 aliphatic heterocycles. The number of H-pyrrole nitrogens is 1. The Hall–Kier alpha value is -2.53. The van der Waals surface area contributed by atoms with Crippen molar-refractivity contribution in [2.24, 2.45) is 0 Å². The van der Waals surface area contributed by atoms with Crippen molar-refractivity contribution >= 4 is 27.7 Å². The predicted octanol–water partition coefficient (Wildman–Crippen LogP) is 3.73. The van der Waals surface area contributed by atoms with E-state index in [-0.39, 0.29) is 5.91 Å². The first-order valence-corrected chi connectivity index (χ1v) is 9.31. The van der Waals surface area contributed by atoms with Crippen LogP contribution in [0.4, 0.5) is 0 Å². The molecule has 2 heterocycles. The molecular formula is C21H24N2O3. The fourth-order valence-corrected chi connectivity index (χ4v) is 3.52. The summed E-state index contributed by atoms with van der Waals surface area (Å²) in [6.07, 6.45) is 2.30. The molecule has 5 nitrogen and oxygen atoms in total. The Balaban J connectivity index is 1.33. The van der Waals surface area contributed by atoms with Gasteiger partial charge in [-0.15, -0.1) is 0 Å². The number of hydrogen-bond donors (Lipinski definition) is 1. The van der Waals surface area contributed by atoms with Crippen LogP contribution in [0.2, 0.25) is 0 Å². The second-order valence-electron chi connectivity index (χ2n) is 6.65. The van der Waals surface area contributed by atoms with E-state index in [2.05, 4.69) is 23.2 Å². The van der Waals surface area contributed by atoms with E-state index in [1.165, 1.54) is 5.39 Å². The quantitative estimate of drug-likeness (QED) is 0.688. The number of ether oxygens (including phenoxy) is 2. The van der Waals surface area contributed by atoms with Gasteiger partial charge < -0.3 is 19.4 Å². The van der Waals surface area contributed by atoms with Gasteiger partial charge in [0.15, 0.2) is 0 Å². The van der Waals surface area contributed by atoms with Gasteiger partial charge in [-0.25, -0.2) is 0 Å². The minimum Gasteiger partial charge on any atom is -0.493 e. The maximum absolute atomic E-state index is 12.1. The highest BCUT2D eigenvalue weighted by atomic mass is 16.5. The second-order valence-corrected chi connectivity index (χ2v) is 6.65. The van der Waals surface area contributed by atoms with Gasteiger partial charge in [0.05, 0.1) is 25.3 Å². The van der Waals surface area contributed by atoms with Crippen molar-refractivity contribution in [3.05, 3.63) is 42.5 Å². The third kappa shape index (κ3) is 3.53. The SMILES string of the molecule is O=C(CCCCOc1cccc2[nH]c3ccccc3c12)N1CCOCC1. The first kappa shape index (κ1) is 16.9. The lowest BCUT2D eigenvalue weighted by Gasteiger charge is -2.26. The van der Waals surface area contributed by atoms with Crippen molar-refractivity contribution in [1.82, 2.24) is 9.88 Å². The third-order valence-corrected chi connectivity index (χ3v) is 4.90. The Labute approximate surface area is 152 Å². The number of nitrogens with one attached hydrogen (secondary N) is 1. The number of fused-ring (bicyclic) bond motifs is 3. The zero-order chi connectivity index (χ0) is 17.8. The molecule has 1 fully saturated rings. The first-order valence-electron chi connectivity index (χ1n) is 9.31. The van der Waals surface area contributed by atoms with Crippen LogP contribution in [-0.4, -0.2) is 48.7 Å². The highest BCUT2D eigenvalue weighted by molar-refractivity contribution is 6.10. The Bertz CT molecular complexity index is 897. The predicted molar refractivity (Wildman–Crippen MR) is 103 cm³/mol. The lowest BCUT2D eigenvalue weighted by Crippen LogP contribution is -2.40. The van der Waals surface area contributed by atoms with Crippen LogP contribution in [0.1, 0.15) is 19.3 Å². The average molecular weight is 352 g/mol. The molecule has 1 amide bonds. The molecule has 0 radical (unpaired) electrons. The van der Waals surface area contributed by atoms with Gasteiger partial charge in [-0.2, -0.15) is 0 Å². The highest BCUT2D eigenvalue weighted by Crippen LogP contribution is 2.33. The zero-order valence-electron chi connectivity index (χ0n) is 14.9. The molecule has 1 saturated heterocycles. The molecule has 0 saturated carbocycles. The zero-order valence-corrected chi connectivity index (χ0v) is 14.9. The summed E-state index contributed by atoms with van der Waals surface area (Å²) in [6, 6.07) is 14.4. The molecule has 1 N–H and O–H groups in total. The van der Waals surface area contributed by atoms with E-state index in [9.17, 15) is 4.79 Å². The molecule has 0 bridgehead atoms. The largest absolute Gasteiger partial charge is 0.493 e. The number of aromatic amines is 1. The van der Waals surface area contributed by atoms with Crippen LogP contribution in [0.15, 0.2) is 42.5 Å². The fourth-order valence-electron chi connectivity index (χ4n) is 3.52. The molecule has 136 valence electrons. The number of amides is 1. The molecule has 26 heavy (non-hydrogen) atoms. The fraction of sp³-hybridized carbons (Fsp3) is 0.381. The Kier molecular flexibility index (Phi) is 5.07. The number of nitrogens with zero attached hydrogens (tertiary/aromatic N) is 1. The van der Waals surface area contributed by atoms with Gasteiger partial charge in [0, 0.05) is 35.8 Å². The van der Waals surface area contributed by atoms with Gasteiger partial charge in [-0.1, -0.05) is 24.3 Å². The van der Waals surface area contributed by atoms with E-state index in [4.69, 9.17) is 9.47 Å². The summed E-state index contributed by atoms with van der Waals surface area (Å²) < 4.78 is 11.3. The summed E-state index contributed by atoms with van der Waals surface area (Å²) in [5, 5.41) is 2.31. The van der Waals surface area contributed by atoms with E-state index >= 15 is 0 Å². The van der Waals surface area contributed by atoms with Crippen molar-refractivity contribution in [2.45, 2.75) is 19.3 Å². The van der Waals surface area contributed by atoms with Crippen LogP contribution >= 0.6 is 0 Å². The monoisotopic (exact) mass is 352 g/mol. The standard InChI is InChI=1S/C21H24N2O3/c24-20(23-11-14-25-15-12-23)10-3-4-13-26-19-9-5-8-18-21(19)16-6-1-2-7-17(16)22-18/h1-2,5-9,22H,3-4,10-15H2. The molecule has 0 unspecified atom stereocenters. The molecule has 3 aromatic rings. The molecule has 4 rings (SSSR count). The summed E-state index contributed by atoms with van der Waals surface area (Å²) in [6.45, 7) is 3.37. The normalized spacial score (nSPS) is 14.8. The summed E-state index contributed by atoms with van der Waals surface area (Å²) in [5.41, 5.74) is 2.21. The maximum Gasteiger partial charge on any atom is 0.222 e. The molecular weight excluding hydrogens is 328 g/mol. The van der Waals surface area contributed by atoms with E-state index < -0.39 is 0 Å². The van der Waals surface area contributed by atoms with Gasteiger partial charge in [0.1, 0.15) is 5.75 Å². The Morgan fingerprint density at radius 1 is 1.04 bits per heavy atom. The van der Waals surface area contributed by atoms with Crippen molar-refractivity contribution in [1.29, 1.82) is 0 Å². The topological polar surface area (TPSA) is 54.6 Å². The molecule has 1 aromatic heterocycles. The minimum absolute atomic E-state index is 0.229. The number of unbranched alkanes of at least 4 members (excludes halogenated alkanes) is 1. The number of benzene rings is 2. The molecule has 0 atom stereocenters. The van der Waals surface area contributed by atoms with Gasteiger partial charge in [0.2, 0.25) is 5.91 Å². The van der Waals surface area contributed by atoms with Crippen molar-refractivity contribution in [2.75, 3.05) is 32.9 Å². The third-order valence-electron chi connectivity index (χ3n) is 4.90. The van der Waals surface area contributed by atoms with Crippen LogP contribution in [0.25, 0.3) is 21.8 Å². The second kappa shape index (κ2) is 7.79. The van der Waals surface area contributed by atoms with Crippen LogP contribution in [0, 0.1) is 0 Å². The smallest absolute Gasteiger partial charge is 0.222 e. The van der Waals surface area contributed by atoms with Crippen molar-refractivity contribution < 1.29 is 14.3 Å². The lowest BCUT2D eigenvalue weighted by atomic mass is 10.1. The van der Waals surface area contributed by atoms with Crippen LogP contribution in [0.5, 0.6) is 5.75 Å². The lowest BCUT2D eigenvalue weighted by molar-refractivity contribution is -0.135. The molecule has 5 heteroatoms. The van der Waals surface area contributed by atoms with E-state index in [0.717, 1.165) is 48.1 Å². The Morgan fingerprint density at radius 2 is 1.85 bits per heavy atom. The van der Waals surface area contributed by atoms with Crippen molar-refractivity contribution in [3.8, 4) is 5.75 Å². The number of aromatic nitrogens is 1. The Morgan fingerprint density at radius 3 is 2.73 bits per heavy atom. The number of carbonyl (C=O) groups is 1. The van der Waals surface area contributed by atoms with Crippen LogP contribution in [-0.2, 0) is 9.53 Å². The molecule has 1 aliphatic rings. The number of hydrogen-bond acceptors (Lipinski definition) is 3. The van der Waals surface area contributed by atoms with Gasteiger partial charge in [-0.05, 0) is 31.0 Å². The number of rotatable bonds is 6. The average Bonchev–Trinajstić information content (AvgIpc) is 3.07. The molecule has 2 aromatic carbocycles. The van der Waals surface area contributed by atoms with Crippen molar-refractivity contribution in [3.63, 3.8) is 0 Å². The number of carbonyl (C=O) groups excluding carboxylic acids is 1. The van der Waals surface area contributed by atoms with Gasteiger partial charge in [-0.3, -0.25) is 4.79 Å². The summed E-state index contributed by atoms with van der Waals surface area (Å²) >= 11 is 0. The minimum atomic E-state index is 0.229. The summed E-state index contributed by atoms with van der Waals surface area (Å²) in [5.74, 6) is 1.13. The van der Waals surface area contributed by atoms with Gasteiger partial charge in [0.25, 0.3) is 0 Å². The maximum atomic E-state index is 12.1. The summed E-state index contributed by atoms with van der Waals surface area (Å²) in [7, 11) is 0. The molecule has 0 aliphatic carbocycles. The number of morpholine rings is 1. The van der Waals surface area contributed by atoms with E-state index in [1.54, 1.807) is 0 Å². The summed E-state index contributed by atoms with van der Waals surface area (Å²) in [4.78, 5) is 17.5. The molecule has 0 spiro atoms. The first-order chi connectivity index (χ1) is 12.8. The number of para-hydroxylation sites is 1. The van der Waals surface area contributed by atoms with Crippen LogP contribution < -0.4 is 4.74 Å². The van der Waals surface area contributed by atoms with E-state index in [0.29, 0.717) is 26.2 Å². The highest BCUT2D eigenvalue weighted by Gasteiger charge is 2.16. The van der Waals surface area contributed by atoms with Crippen LogP contribution in [0.3, 0.4) is 0 Å².